The Kier molecular flexibility index (Phi) is 28.8. The Labute approximate surface area is 692 Å². The predicted molar refractivity (Wildman–Crippen MR) is 468 cm³/mol. The van der Waals surface area contributed by atoms with E-state index in [0.717, 1.165) is 165 Å². The van der Waals surface area contributed by atoms with Gasteiger partial charge in [0, 0.05) is 160 Å². The Bertz CT molecular complexity index is 6370. The largest absolute Gasteiger partial charge is 0.444 e. The third-order valence-electron chi connectivity index (χ3n) is 19.2. The molecule has 27 heteroatoms. The van der Waals surface area contributed by atoms with Gasteiger partial charge >= 0.3 is 6.09 Å². The number of halogens is 1. The van der Waals surface area contributed by atoms with Gasteiger partial charge < -0.3 is 50.4 Å². The number of aryl methyl sites for hydroxylation is 3. The normalized spacial score (nSPS) is 11.1. The van der Waals surface area contributed by atoms with Crippen molar-refractivity contribution >= 4 is 74.4 Å². The summed E-state index contributed by atoms with van der Waals surface area (Å²) in [7, 11) is 5.56. The number of fused-ring (bicyclic) bond motifs is 9. The van der Waals surface area contributed by atoms with Crippen molar-refractivity contribution in [1.82, 2.24) is 79.3 Å². The number of nitrogens with zero attached hydrogens (tertiary/aromatic N) is 12. The zero-order valence-electron chi connectivity index (χ0n) is 67.7. The number of hydrogen-bond donors (Lipinski definition) is 6. The summed E-state index contributed by atoms with van der Waals surface area (Å²) in [5, 5.41) is 42.0. The van der Waals surface area contributed by atoms with Gasteiger partial charge in [-0.25, -0.2) is 19.7 Å². The van der Waals surface area contributed by atoms with Gasteiger partial charge in [0.25, 0.3) is 5.97 Å². The second kappa shape index (κ2) is 39.8. The van der Waals surface area contributed by atoms with Crippen LogP contribution >= 0.6 is 12.4 Å². The van der Waals surface area contributed by atoms with Crippen molar-refractivity contribution in [3.63, 3.8) is 0 Å². The predicted octanol–water partition coefficient (Wildman–Crippen LogP) is 16.0. The van der Waals surface area contributed by atoms with Crippen LogP contribution in [0.15, 0.2) is 265 Å². The summed E-state index contributed by atoms with van der Waals surface area (Å²) in [4.78, 5) is 63.8. The average molecular weight is 1620 g/mol. The molecule has 26 nitrogen and oxygen atoms in total. The van der Waals surface area contributed by atoms with E-state index in [1.54, 1.807) is 19.2 Å². The molecule has 0 aliphatic rings. The highest BCUT2D eigenvalue weighted by Crippen LogP contribution is 2.39. The number of benzene rings is 6. The Morgan fingerprint density at radius 3 is 1.11 bits per heavy atom. The zero-order valence-corrected chi connectivity index (χ0v) is 68.5. The number of carbonyl (C=O) groups is 2. The quantitative estimate of drug-likeness (QED) is 0.0364. The van der Waals surface area contributed by atoms with E-state index in [4.69, 9.17) is 44.7 Å². The number of aromatic amines is 2. The lowest BCUT2D eigenvalue weighted by Gasteiger charge is -2.23. The second-order valence-electron chi connectivity index (χ2n) is 28.2. The number of nitrogens with one attached hydrogen (secondary N) is 4. The van der Waals surface area contributed by atoms with Crippen molar-refractivity contribution in [3.8, 4) is 67.2 Å². The third kappa shape index (κ3) is 21.1. The molecule has 0 bridgehead atoms. The van der Waals surface area contributed by atoms with Crippen molar-refractivity contribution in [2.45, 2.75) is 86.2 Å². The van der Waals surface area contributed by atoms with Gasteiger partial charge in [-0.15, -0.1) is 43.0 Å². The van der Waals surface area contributed by atoms with E-state index in [2.05, 4.69) is 154 Å². The number of aldehydes is 1. The van der Waals surface area contributed by atoms with Gasteiger partial charge in [0.15, 0.2) is 23.2 Å². The van der Waals surface area contributed by atoms with Gasteiger partial charge in [0.05, 0.1) is 33.6 Å². The van der Waals surface area contributed by atoms with Crippen LogP contribution in [0.3, 0.4) is 0 Å². The number of alkyl carbamates (subject to hydrolysis) is 1. The van der Waals surface area contributed by atoms with Gasteiger partial charge in [-0.2, -0.15) is 0 Å². The summed E-state index contributed by atoms with van der Waals surface area (Å²) in [5.41, 5.74) is 27.1. The van der Waals surface area contributed by atoms with Crippen LogP contribution in [0.4, 0.5) is 4.79 Å². The Morgan fingerprint density at radius 1 is 0.445 bits per heavy atom. The second-order valence-corrected chi connectivity index (χ2v) is 28.2. The van der Waals surface area contributed by atoms with Gasteiger partial charge in [0.1, 0.15) is 23.1 Å². The van der Waals surface area contributed by atoms with Gasteiger partial charge in [-0.3, -0.25) is 27.6 Å². The van der Waals surface area contributed by atoms with E-state index in [1.165, 1.54) is 45.2 Å². The summed E-state index contributed by atoms with van der Waals surface area (Å²) in [6.45, 7) is 15.4. The smallest absolute Gasteiger partial charge is 0.407 e. The lowest BCUT2D eigenvalue weighted by Crippen LogP contribution is -2.32. The molecule has 0 saturated carbocycles. The Hall–Kier alpha value is -13.7. The number of amides is 1. The summed E-state index contributed by atoms with van der Waals surface area (Å²) in [6.07, 6.45) is 9.26. The molecule has 0 fully saturated rings. The van der Waals surface area contributed by atoms with Crippen LogP contribution in [0, 0.1) is 20.8 Å². The number of ether oxygens (including phenoxy) is 4. The average Bonchev–Trinajstić information content (AvgIpc) is 1.68. The zero-order chi connectivity index (χ0) is 83.5. The van der Waals surface area contributed by atoms with Crippen molar-refractivity contribution in [1.29, 1.82) is 0 Å². The van der Waals surface area contributed by atoms with Crippen molar-refractivity contribution in [2.24, 2.45) is 5.73 Å². The van der Waals surface area contributed by atoms with Gasteiger partial charge in [-0.1, -0.05) is 170 Å². The lowest BCUT2D eigenvalue weighted by molar-refractivity contribution is -0.340. The molecule has 0 aliphatic heterocycles. The van der Waals surface area contributed by atoms with Crippen LogP contribution in [0.5, 0.6) is 0 Å². The van der Waals surface area contributed by atoms with E-state index >= 15 is 0 Å². The first-order valence-electron chi connectivity index (χ1n) is 37.9. The molecule has 11 aromatic heterocycles. The molecule has 1 amide bonds. The van der Waals surface area contributed by atoms with Crippen LogP contribution in [0.2, 0.25) is 0 Å². The highest BCUT2D eigenvalue weighted by molar-refractivity contribution is 6.01. The molecular weight excluding hydrogens is 1520 g/mol. The molecule has 0 aliphatic carbocycles. The van der Waals surface area contributed by atoms with Gasteiger partial charge in [-0.05, 0) is 123 Å². The fourth-order valence-corrected chi connectivity index (χ4v) is 12.8. The van der Waals surface area contributed by atoms with E-state index in [1.807, 2.05) is 176 Å². The first-order valence-corrected chi connectivity index (χ1v) is 37.9. The number of aromatic nitrogens is 14. The number of rotatable bonds is 17. The van der Waals surface area contributed by atoms with E-state index in [-0.39, 0.29) is 23.5 Å². The molecule has 17 aromatic rings. The van der Waals surface area contributed by atoms with Crippen molar-refractivity contribution in [3.05, 3.63) is 321 Å². The molecule has 0 atom stereocenters. The highest BCUT2D eigenvalue weighted by Gasteiger charge is 2.22. The number of aliphatic hydroxyl groups excluding tert-OH is 1. The lowest BCUT2D eigenvalue weighted by atomic mass is 9.97. The fourth-order valence-electron chi connectivity index (χ4n) is 12.8. The molecule has 0 unspecified atom stereocenters. The van der Waals surface area contributed by atoms with Crippen LogP contribution in [-0.4, -0.2) is 126 Å². The standard InChI is InChI=1S/C29H24N6O.C28H27N5O2.C23H19N5.C6H5NO2.C5H12O3.CH4O.ClH/c1-19-33-34-29-25-15-24(22-5-3-2-4-6-22)28(32-26(25)13-14-35(19)29)23-10-7-20(8-11-23)16-30-17-21-9-12-27(36)31-18-21;1-18-31-32-26-23-16-22(20-8-6-5-7-9-20)25(30-24(23)14-15-33(18)26)21-12-10-19(11-13-21)17-29-27(34)35-28(2,3)4;1-15-26-27-23-20-13-19(17-5-3-2-4-6-17)22(25-21(20)11-12-28(15)23)18-9-7-16(14-24)8-10-18;8-4-5-1-2-6(9)7-3-5;1-5(6-2,7-3)8-4;1-2;/h2-15,18,30H,16-17H2,1H3,(H,31,36);5-16H,17H2,1-4H3,(H,29,34);2-13H,14,24H2,1H3;1-4H,(H,7,9);1-4H3;2H,1H3;1H. The maximum absolute atomic E-state index is 12.0. The van der Waals surface area contributed by atoms with Crippen LogP contribution in [0.1, 0.15) is 77.8 Å². The molecular formula is C92H92ClN17O9. The summed E-state index contributed by atoms with van der Waals surface area (Å²) in [6, 6.07) is 74.4. The van der Waals surface area contributed by atoms with Gasteiger partial charge in [0.2, 0.25) is 11.1 Å². The third-order valence-corrected chi connectivity index (χ3v) is 19.2. The minimum absolute atomic E-state index is 0. The molecule has 0 saturated heterocycles. The number of pyridine rings is 8. The van der Waals surface area contributed by atoms with Crippen LogP contribution < -0.4 is 27.5 Å². The molecule has 6 aromatic carbocycles. The van der Waals surface area contributed by atoms with Crippen LogP contribution in [0.25, 0.3) is 117 Å². The topological polar surface area (TPSA) is 336 Å². The Morgan fingerprint density at radius 2 is 0.790 bits per heavy atom. The Balaban J connectivity index is 0.000000157. The molecule has 0 radical (unpaired) electrons. The maximum Gasteiger partial charge on any atom is 0.407 e. The van der Waals surface area contributed by atoms with E-state index in [0.29, 0.717) is 31.5 Å². The van der Waals surface area contributed by atoms with E-state index < -0.39 is 17.7 Å². The molecule has 119 heavy (non-hydrogen) atoms. The monoisotopic (exact) mass is 1610 g/mol. The maximum atomic E-state index is 12.0. The molecule has 17 rings (SSSR count). The molecule has 7 N–H and O–H groups in total. The number of hydrogen-bond acceptors (Lipinski definition) is 20. The van der Waals surface area contributed by atoms with Crippen molar-refractivity contribution in [2.75, 3.05) is 28.4 Å². The number of carbonyl (C=O) groups excluding carboxylic acids is 2. The minimum Gasteiger partial charge on any atom is -0.444 e. The first-order chi connectivity index (χ1) is 57.2. The summed E-state index contributed by atoms with van der Waals surface area (Å²) in [5.74, 6) is 1.67. The number of nitrogens with two attached hydrogens (primary N) is 1. The minimum atomic E-state index is -0.875. The summed E-state index contributed by atoms with van der Waals surface area (Å²) < 4.78 is 25.7. The SMILES string of the molecule is CO.COC(C)(OC)OC.Cc1nnc2c3cc(-c4ccccc4)c(-c4ccc(CN)cc4)nc3ccn12.Cc1nnc2c3cc(-c4ccccc4)c(-c4ccc(CNC(=O)OC(C)(C)C)cc4)nc3ccn12.Cc1nnc2c3cc(-c4ccccc4)c(-c4ccc(CNCc5ccc(=O)[nH]c5)cc4)nc3ccn12.Cl.O=Cc1ccc(=O)[nH]c1. The van der Waals surface area contributed by atoms with Crippen molar-refractivity contribution < 1.29 is 33.6 Å². The summed E-state index contributed by atoms with van der Waals surface area (Å²) >= 11 is 0. The fraction of sp³-hybridized carbons (Fsp3) is 0.185. The molecule has 606 valence electrons. The van der Waals surface area contributed by atoms with Crippen LogP contribution in [-0.2, 0) is 45.1 Å². The van der Waals surface area contributed by atoms with E-state index in [9.17, 15) is 19.2 Å². The molecule has 0 spiro atoms. The number of H-pyrrole nitrogens is 2. The first kappa shape index (κ1) is 86.2. The molecule has 11 heterocycles. The highest BCUT2D eigenvalue weighted by atomic mass is 35.5. The number of methoxy groups -OCH3 is 3. The number of aliphatic hydroxyl groups is 1.